The first-order valence-corrected chi connectivity index (χ1v) is 11.4. The molecule has 0 aliphatic heterocycles. The smallest absolute Gasteiger partial charge is 0.254 e. The Bertz CT molecular complexity index is 1300. The fourth-order valence-electron chi connectivity index (χ4n) is 3.40. The zero-order chi connectivity index (χ0) is 24.6. The van der Waals surface area contributed by atoms with Gasteiger partial charge in [-0.05, 0) is 38.1 Å². The Hall–Kier alpha value is -4.40. The predicted octanol–water partition coefficient (Wildman–Crippen LogP) is 4.20. The SMILES string of the molecule is CCn1cc(C(=O)NCc2nc(-c3ccccc3NC(=O)CCOc3ccccc3)oc2C)cn1. The first-order valence-electron chi connectivity index (χ1n) is 11.4. The zero-order valence-electron chi connectivity index (χ0n) is 19.7. The zero-order valence-corrected chi connectivity index (χ0v) is 19.7. The number of amides is 2. The van der Waals surface area contributed by atoms with Gasteiger partial charge in [-0.3, -0.25) is 14.3 Å². The van der Waals surface area contributed by atoms with Crippen molar-refractivity contribution in [3.8, 4) is 17.2 Å². The second-order valence-electron chi connectivity index (χ2n) is 7.79. The number of carbonyl (C=O) groups excluding carboxylic acids is 2. The van der Waals surface area contributed by atoms with Gasteiger partial charge < -0.3 is 19.8 Å². The highest BCUT2D eigenvalue weighted by Gasteiger charge is 2.17. The number of para-hydroxylation sites is 2. The average molecular weight is 474 g/mol. The predicted molar refractivity (Wildman–Crippen MR) is 131 cm³/mol. The molecule has 0 unspecified atom stereocenters. The quantitative estimate of drug-likeness (QED) is 0.357. The van der Waals surface area contributed by atoms with Gasteiger partial charge >= 0.3 is 0 Å². The van der Waals surface area contributed by atoms with Crippen molar-refractivity contribution in [2.45, 2.75) is 33.4 Å². The van der Waals surface area contributed by atoms with E-state index in [0.717, 1.165) is 5.75 Å². The van der Waals surface area contributed by atoms with E-state index in [2.05, 4.69) is 20.7 Å². The average Bonchev–Trinajstić information content (AvgIpc) is 3.50. The molecular weight excluding hydrogens is 446 g/mol. The van der Waals surface area contributed by atoms with Crippen molar-refractivity contribution in [2.75, 3.05) is 11.9 Å². The molecule has 0 bridgehead atoms. The minimum absolute atomic E-state index is 0.184. The van der Waals surface area contributed by atoms with E-state index in [1.165, 1.54) is 6.20 Å². The summed E-state index contributed by atoms with van der Waals surface area (Å²) in [7, 11) is 0. The summed E-state index contributed by atoms with van der Waals surface area (Å²) in [4.78, 5) is 29.5. The molecule has 0 aliphatic carbocycles. The lowest BCUT2D eigenvalue weighted by Crippen LogP contribution is -2.23. The van der Waals surface area contributed by atoms with Gasteiger partial charge in [-0.25, -0.2) is 4.98 Å². The molecule has 2 aromatic heterocycles. The number of benzene rings is 2. The van der Waals surface area contributed by atoms with E-state index < -0.39 is 0 Å². The fraction of sp³-hybridized carbons (Fsp3) is 0.231. The van der Waals surface area contributed by atoms with Crippen molar-refractivity contribution < 1.29 is 18.7 Å². The van der Waals surface area contributed by atoms with E-state index in [1.54, 1.807) is 23.9 Å². The summed E-state index contributed by atoms with van der Waals surface area (Å²) < 4.78 is 13.2. The number of oxazole rings is 1. The van der Waals surface area contributed by atoms with E-state index in [-0.39, 0.29) is 31.4 Å². The van der Waals surface area contributed by atoms with Crippen LogP contribution in [0, 0.1) is 6.92 Å². The van der Waals surface area contributed by atoms with Crippen LogP contribution in [0.15, 0.2) is 71.4 Å². The van der Waals surface area contributed by atoms with E-state index in [9.17, 15) is 9.59 Å². The van der Waals surface area contributed by atoms with Gasteiger partial charge in [0.05, 0.1) is 42.6 Å². The molecule has 2 N–H and O–H groups in total. The van der Waals surface area contributed by atoms with Crippen molar-refractivity contribution in [3.63, 3.8) is 0 Å². The molecule has 35 heavy (non-hydrogen) atoms. The van der Waals surface area contributed by atoms with Crippen LogP contribution in [0.3, 0.4) is 0 Å². The van der Waals surface area contributed by atoms with Gasteiger partial charge in [-0.2, -0.15) is 5.10 Å². The number of hydrogen-bond acceptors (Lipinski definition) is 6. The molecule has 0 saturated heterocycles. The van der Waals surface area contributed by atoms with Crippen LogP contribution >= 0.6 is 0 Å². The van der Waals surface area contributed by atoms with Crippen LogP contribution in [-0.4, -0.2) is 33.2 Å². The lowest BCUT2D eigenvalue weighted by Gasteiger charge is -2.09. The van der Waals surface area contributed by atoms with Crippen LogP contribution in [0.4, 0.5) is 5.69 Å². The third-order valence-electron chi connectivity index (χ3n) is 5.30. The van der Waals surface area contributed by atoms with Crippen LogP contribution in [0.25, 0.3) is 11.5 Å². The maximum atomic E-state index is 12.5. The van der Waals surface area contributed by atoms with E-state index in [1.807, 2.05) is 55.5 Å². The Morgan fingerprint density at radius 1 is 1.09 bits per heavy atom. The Kier molecular flexibility index (Phi) is 7.57. The Balaban J connectivity index is 1.38. The molecule has 180 valence electrons. The van der Waals surface area contributed by atoms with Gasteiger partial charge in [-0.15, -0.1) is 0 Å². The van der Waals surface area contributed by atoms with Crippen molar-refractivity contribution in [1.29, 1.82) is 0 Å². The van der Waals surface area contributed by atoms with Crippen molar-refractivity contribution in [2.24, 2.45) is 0 Å². The number of anilines is 1. The topological polar surface area (TPSA) is 111 Å². The first-order chi connectivity index (χ1) is 17.0. The lowest BCUT2D eigenvalue weighted by atomic mass is 10.1. The highest BCUT2D eigenvalue weighted by Crippen LogP contribution is 2.29. The number of nitrogens with one attached hydrogen (secondary N) is 2. The van der Waals surface area contributed by atoms with Crippen LogP contribution in [-0.2, 0) is 17.9 Å². The number of hydrogen-bond donors (Lipinski definition) is 2. The van der Waals surface area contributed by atoms with Crippen LogP contribution < -0.4 is 15.4 Å². The van der Waals surface area contributed by atoms with E-state index in [4.69, 9.17) is 9.15 Å². The molecule has 0 fully saturated rings. The number of nitrogens with zero attached hydrogens (tertiary/aromatic N) is 3. The molecule has 0 saturated carbocycles. The van der Waals surface area contributed by atoms with E-state index >= 15 is 0 Å². The monoisotopic (exact) mass is 473 g/mol. The number of aryl methyl sites for hydroxylation is 2. The maximum Gasteiger partial charge on any atom is 0.254 e. The maximum absolute atomic E-state index is 12.5. The van der Waals surface area contributed by atoms with Gasteiger partial charge in [-0.1, -0.05) is 30.3 Å². The first kappa shape index (κ1) is 23.7. The van der Waals surface area contributed by atoms with Crippen molar-refractivity contribution in [3.05, 3.63) is 84.0 Å². The minimum atomic E-state index is -0.237. The highest BCUT2D eigenvalue weighted by atomic mass is 16.5. The molecule has 2 amide bonds. The summed E-state index contributed by atoms with van der Waals surface area (Å²) in [5, 5.41) is 9.87. The second kappa shape index (κ2) is 11.1. The Morgan fingerprint density at radius 3 is 2.63 bits per heavy atom. The summed E-state index contributed by atoms with van der Waals surface area (Å²) in [6.45, 7) is 4.89. The largest absolute Gasteiger partial charge is 0.493 e. The number of aromatic nitrogens is 3. The minimum Gasteiger partial charge on any atom is -0.493 e. The normalized spacial score (nSPS) is 10.7. The molecule has 2 heterocycles. The van der Waals surface area contributed by atoms with Crippen LogP contribution in [0.5, 0.6) is 5.75 Å². The molecule has 9 nitrogen and oxygen atoms in total. The summed E-state index contributed by atoms with van der Waals surface area (Å²) in [6.07, 6.45) is 3.42. The Morgan fingerprint density at radius 2 is 1.86 bits per heavy atom. The molecule has 0 atom stereocenters. The standard InChI is InChI=1S/C26H27N5O4/c1-3-31-17-19(15-28-31)25(33)27-16-23-18(2)35-26(30-23)21-11-7-8-12-22(21)29-24(32)13-14-34-20-9-5-4-6-10-20/h4-12,15,17H,3,13-14,16H2,1-2H3,(H,27,33)(H,29,32). The Labute approximate surface area is 203 Å². The van der Waals surface area contributed by atoms with Crippen molar-refractivity contribution >= 4 is 17.5 Å². The molecule has 0 spiro atoms. The molecule has 0 aliphatic rings. The number of rotatable bonds is 10. The van der Waals surface area contributed by atoms with Gasteiger partial charge in [0.15, 0.2) is 0 Å². The van der Waals surface area contributed by atoms with Gasteiger partial charge in [0, 0.05) is 12.7 Å². The van der Waals surface area contributed by atoms with E-state index in [0.29, 0.717) is 40.7 Å². The third kappa shape index (κ3) is 6.14. The summed E-state index contributed by atoms with van der Waals surface area (Å²) >= 11 is 0. The third-order valence-corrected chi connectivity index (χ3v) is 5.30. The highest BCUT2D eigenvalue weighted by molar-refractivity contribution is 5.95. The van der Waals surface area contributed by atoms with Crippen LogP contribution in [0.1, 0.15) is 35.2 Å². The molecule has 4 aromatic rings. The second-order valence-corrected chi connectivity index (χ2v) is 7.79. The molecular formula is C26H27N5O4. The van der Waals surface area contributed by atoms with Gasteiger partial charge in [0.2, 0.25) is 11.8 Å². The summed E-state index contributed by atoms with van der Waals surface area (Å²) in [6, 6.07) is 16.6. The fourth-order valence-corrected chi connectivity index (χ4v) is 3.40. The van der Waals surface area contributed by atoms with Gasteiger partial charge in [0.1, 0.15) is 17.2 Å². The summed E-state index contributed by atoms with van der Waals surface area (Å²) in [5.41, 5.74) is 2.32. The number of ether oxygens (including phenoxy) is 1. The summed E-state index contributed by atoms with van der Waals surface area (Å²) in [5.74, 6) is 1.24. The van der Waals surface area contributed by atoms with Crippen molar-refractivity contribution in [1.82, 2.24) is 20.1 Å². The van der Waals surface area contributed by atoms with Crippen LogP contribution in [0.2, 0.25) is 0 Å². The van der Waals surface area contributed by atoms with Gasteiger partial charge in [0.25, 0.3) is 5.91 Å². The number of carbonyl (C=O) groups is 2. The molecule has 4 rings (SSSR count). The molecule has 2 aromatic carbocycles. The lowest BCUT2D eigenvalue weighted by molar-refractivity contribution is -0.116. The molecule has 9 heteroatoms. The molecule has 0 radical (unpaired) electrons.